The zero-order valence-electron chi connectivity index (χ0n) is 17.9. The van der Waals surface area contributed by atoms with Crippen molar-refractivity contribution in [2.24, 2.45) is 5.92 Å². The molecule has 1 heterocycles. The van der Waals surface area contributed by atoms with E-state index in [2.05, 4.69) is 55.3 Å². The van der Waals surface area contributed by atoms with Crippen LogP contribution in [-0.4, -0.2) is 52.7 Å². The Morgan fingerprint density at radius 2 is 1.66 bits per heavy atom. The summed E-state index contributed by atoms with van der Waals surface area (Å²) < 4.78 is 0. The van der Waals surface area contributed by atoms with Gasteiger partial charge in [0.05, 0.1) is 0 Å². The Morgan fingerprint density at radius 3 is 2.14 bits per heavy atom. The fourth-order valence-electron chi connectivity index (χ4n) is 3.54. The standard InChI is InChI=1S/C19H32N2.C4H4O4/c1-4-17(5-2)14-21(19-10-12-20-13-11-19)15-18-9-7-6-8-16(18)3;5-3(6)1-2-4(7)8/h6-9,17,19-20H,4-5,10-15H2,1-3H3;1-2H,(H,5,6)(H,7,8)/b;2-1+. The minimum atomic E-state index is -1.26. The van der Waals surface area contributed by atoms with E-state index in [0.717, 1.165) is 18.5 Å². The Labute approximate surface area is 174 Å². The van der Waals surface area contributed by atoms with Gasteiger partial charge in [0.15, 0.2) is 0 Å². The van der Waals surface area contributed by atoms with Gasteiger partial charge in [0.2, 0.25) is 0 Å². The number of carbonyl (C=O) groups is 2. The number of nitrogens with zero attached hydrogens (tertiary/aromatic N) is 1. The van der Waals surface area contributed by atoms with E-state index in [-0.39, 0.29) is 0 Å². The number of nitrogens with one attached hydrogen (secondary N) is 1. The second-order valence-electron chi connectivity index (χ2n) is 7.53. The molecular weight excluding hydrogens is 368 g/mol. The first kappa shape index (κ1) is 24.9. The van der Waals surface area contributed by atoms with Crippen molar-refractivity contribution in [3.05, 3.63) is 47.5 Å². The van der Waals surface area contributed by atoms with Gasteiger partial charge in [-0.3, -0.25) is 4.90 Å². The van der Waals surface area contributed by atoms with Crippen molar-refractivity contribution in [3.8, 4) is 0 Å². The van der Waals surface area contributed by atoms with Crippen LogP contribution in [0.4, 0.5) is 0 Å². The van der Waals surface area contributed by atoms with E-state index in [9.17, 15) is 9.59 Å². The van der Waals surface area contributed by atoms with E-state index >= 15 is 0 Å². The molecule has 6 nitrogen and oxygen atoms in total. The average molecular weight is 405 g/mol. The quantitative estimate of drug-likeness (QED) is 0.544. The number of carboxylic acid groups (broad SMARTS) is 2. The zero-order valence-corrected chi connectivity index (χ0v) is 17.9. The normalized spacial score (nSPS) is 14.8. The predicted molar refractivity (Wildman–Crippen MR) is 116 cm³/mol. The van der Waals surface area contributed by atoms with Crippen molar-refractivity contribution >= 4 is 11.9 Å². The summed E-state index contributed by atoms with van der Waals surface area (Å²) >= 11 is 0. The number of rotatable bonds is 9. The highest BCUT2D eigenvalue weighted by atomic mass is 16.4. The van der Waals surface area contributed by atoms with Crippen LogP contribution < -0.4 is 5.32 Å². The maximum absolute atomic E-state index is 9.55. The van der Waals surface area contributed by atoms with Crippen LogP contribution in [0.3, 0.4) is 0 Å². The van der Waals surface area contributed by atoms with Crippen molar-refractivity contribution in [1.82, 2.24) is 10.2 Å². The van der Waals surface area contributed by atoms with Gasteiger partial charge >= 0.3 is 11.9 Å². The van der Waals surface area contributed by atoms with Crippen molar-refractivity contribution in [2.45, 2.75) is 59.0 Å². The number of hydrogen-bond acceptors (Lipinski definition) is 4. The van der Waals surface area contributed by atoms with E-state index < -0.39 is 11.9 Å². The molecule has 6 heteroatoms. The van der Waals surface area contributed by atoms with E-state index in [1.807, 2.05) is 0 Å². The fraction of sp³-hybridized carbons (Fsp3) is 0.565. The Morgan fingerprint density at radius 1 is 1.10 bits per heavy atom. The summed E-state index contributed by atoms with van der Waals surface area (Å²) in [7, 11) is 0. The lowest BCUT2D eigenvalue weighted by Gasteiger charge is -2.37. The van der Waals surface area contributed by atoms with Gasteiger partial charge in [-0.2, -0.15) is 0 Å². The van der Waals surface area contributed by atoms with Crippen molar-refractivity contribution in [1.29, 1.82) is 0 Å². The van der Waals surface area contributed by atoms with Gasteiger partial charge in [-0.15, -0.1) is 0 Å². The molecule has 162 valence electrons. The first-order valence-corrected chi connectivity index (χ1v) is 10.5. The molecule has 0 amide bonds. The van der Waals surface area contributed by atoms with Gasteiger partial charge in [-0.25, -0.2) is 9.59 Å². The van der Waals surface area contributed by atoms with Crippen molar-refractivity contribution in [2.75, 3.05) is 19.6 Å². The highest BCUT2D eigenvalue weighted by Crippen LogP contribution is 2.21. The van der Waals surface area contributed by atoms with Crippen LogP contribution in [0.5, 0.6) is 0 Å². The summed E-state index contributed by atoms with van der Waals surface area (Å²) in [4.78, 5) is 21.9. The summed E-state index contributed by atoms with van der Waals surface area (Å²) in [6.45, 7) is 11.6. The molecule has 0 atom stereocenters. The van der Waals surface area contributed by atoms with Crippen LogP contribution in [0.2, 0.25) is 0 Å². The number of carboxylic acids is 2. The molecular formula is C23H36N2O4. The third kappa shape index (κ3) is 10.2. The molecule has 0 spiro atoms. The zero-order chi connectivity index (χ0) is 21.6. The second-order valence-corrected chi connectivity index (χ2v) is 7.53. The number of piperidine rings is 1. The summed E-state index contributed by atoms with van der Waals surface area (Å²) in [5.74, 6) is -1.68. The smallest absolute Gasteiger partial charge is 0.328 e. The molecule has 0 saturated carbocycles. The van der Waals surface area contributed by atoms with Gasteiger partial charge in [-0.1, -0.05) is 51.0 Å². The molecule has 2 rings (SSSR count). The SMILES string of the molecule is CCC(CC)CN(Cc1ccccc1C)C1CCNCC1.O=C(O)/C=C/C(=O)O. The first-order chi connectivity index (χ1) is 13.9. The van der Waals surface area contributed by atoms with E-state index in [0.29, 0.717) is 12.2 Å². The molecule has 1 saturated heterocycles. The number of hydrogen-bond donors (Lipinski definition) is 3. The monoisotopic (exact) mass is 404 g/mol. The molecule has 0 aromatic heterocycles. The maximum atomic E-state index is 9.55. The lowest BCUT2D eigenvalue weighted by molar-refractivity contribution is -0.134. The molecule has 0 aliphatic carbocycles. The molecule has 1 aromatic rings. The van der Waals surface area contributed by atoms with Crippen molar-refractivity contribution < 1.29 is 19.8 Å². The summed E-state index contributed by atoms with van der Waals surface area (Å²) in [6, 6.07) is 9.63. The molecule has 1 fully saturated rings. The third-order valence-corrected chi connectivity index (χ3v) is 5.48. The van der Waals surface area contributed by atoms with Gasteiger partial charge in [-0.05, 0) is 49.9 Å². The molecule has 0 radical (unpaired) electrons. The number of benzene rings is 1. The van der Waals surface area contributed by atoms with Gasteiger partial charge in [0.25, 0.3) is 0 Å². The molecule has 3 N–H and O–H groups in total. The van der Waals surface area contributed by atoms with Crippen molar-refractivity contribution in [3.63, 3.8) is 0 Å². The van der Waals surface area contributed by atoms with E-state index in [1.165, 1.54) is 56.4 Å². The van der Waals surface area contributed by atoms with E-state index in [1.54, 1.807) is 0 Å². The van der Waals surface area contributed by atoms with Crippen LogP contribution in [0, 0.1) is 12.8 Å². The minimum absolute atomic E-state index is 0.558. The Hall–Kier alpha value is -2.18. The van der Waals surface area contributed by atoms with Crippen LogP contribution in [0.1, 0.15) is 50.7 Å². The largest absolute Gasteiger partial charge is 0.478 e. The van der Waals surface area contributed by atoms with Crippen LogP contribution in [-0.2, 0) is 16.1 Å². The number of aryl methyl sites for hydroxylation is 1. The first-order valence-electron chi connectivity index (χ1n) is 10.5. The lowest BCUT2D eigenvalue weighted by atomic mass is 9.97. The molecule has 1 aromatic carbocycles. The Kier molecular flexibility index (Phi) is 11.9. The third-order valence-electron chi connectivity index (χ3n) is 5.48. The summed E-state index contributed by atoms with van der Waals surface area (Å²) in [5.41, 5.74) is 2.93. The highest BCUT2D eigenvalue weighted by molar-refractivity contribution is 5.89. The Balaban J connectivity index is 0.000000447. The lowest BCUT2D eigenvalue weighted by Crippen LogP contribution is -2.44. The molecule has 1 aliphatic rings. The topological polar surface area (TPSA) is 89.9 Å². The molecule has 1 aliphatic heterocycles. The molecule has 29 heavy (non-hydrogen) atoms. The molecule has 0 unspecified atom stereocenters. The van der Waals surface area contributed by atoms with Gasteiger partial charge in [0.1, 0.15) is 0 Å². The van der Waals surface area contributed by atoms with Crippen LogP contribution in [0.25, 0.3) is 0 Å². The fourth-order valence-corrected chi connectivity index (χ4v) is 3.54. The van der Waals surface area contributed by atoms with Gasteiger partial charge in [0, 0.05) is 31.3 Å². The average Bonchev–Trinajstić information content (AvgIpc) is 2.72. The summed E-state index contributed by atoms with van der Waals surface area (Å²) in [5, 5.41) is 19.1. The number of aliphatic carboxylic acids is 2. The van der Waals surface area contributed by atoms with E-state index in [4.69, 9.17) is 10.2 Å². The highest BCUT2D eigenvalue weighted by Gasteiger charge is 2.23. The van der Waals surface area contributed by atoms with Crippen LogP contribution in [0.15, 0.2) is 36.4 Å². The van der Waals surface area contributed by atoms with Gasteiger partial charge < -0.3 is 15.5 Å². The second kappa shape index (κ2) is 13.9. The maximum Gasteiger partial charge on any atom is 0.328 e. The molecule has 0 bridgehead atoms. The predicted octanol–water partition coefficient (Wildman–Crippen LogP) is 3.70. The minimum Gasteiger partial charge on any atom is -0.478 e. The summed E-state index contributed by atoms with van der Waals surface area (Å²) in [6.07, 6.45) is 6.31. The van der Waals surface area contributed by atoms with Crippen LogP contribution >= 0.6 is 0 Å². The Bertz CT molecular complexity index is 634.